The van der Waals surface area contributed by atoms with Crippen LogP contribution < -0.4 is 4.74 Å². The summed E-state index contributed by atoms with van der Waals surface area (Å²) in [6.07, 6.45) is 1.71. The van der Waals surface area contributed by atoms with Crippen molar-refractivity contribution in [3.63, 3.8) is 0 Å². The normalized spacial score (nSPS) is 11.3. The first kappa shape index (κ1) is 12.8. The molecule has 0 amide bonds. The number of imidazole rings is 1. The topological polar surface area (TPSA) is 78.9 Å². The number of nitrogens with zero attached hydrogens (tertiary/aromatic N) is 3. The van der Waals surface area contributed by atoms with E-state index in [9.17, 15) is 10.1 Å². The number of hydrogen-bond donors (Lipinski definition) is 0. The smallest absolute Gasteiger partial charge is 0.393 e. The van der Waals surface area contributed by atoms with Crippen molar-refractivity contribution < 1.29 is 14.4 Å². The molecule has 0 bridgehead atoms. The first-order valence-corrected chi connectivity index (χ1v) is 6.32. The predicted octanol–water partition coefficient (Wildman–Crippen LogP) is 2.11. The number of aromatic nitrogens is 2. The van der Waals surface area contributed by atoms with Crippen molar-refractivity contribution in [3.05, 3.63) is 21.7 Å². The second kappa shape index (κ2) is 5.32. The molecule has 2 heterocycles. The molecule has 8 heteroatoms. The van der Waals surface area contributed by atoms with E-state index in [1.807, 2.05) is 13.8 Å². The van der Waals surface area contributed by atoms with Gasteiger partial charge in [-0.05, 0) is 18.8 Å². The monoisotopic (exact) mass is 271 g/mol. The second-order valence-electron chi connectivity index (χ2n) is 3.82. The summed E-state index contributed by atoms with van der Waals surface area (Å²) in [5.74, 6) is -0.102. The fourth-order valence-electron chi connectivity index (χ4n) is 1.44. The molecule has 2 aromatic heterocycles. The van der Waals surface area contributed by atoms with Gasteiger partial charge in [0.15, 0.2) is 0 Å². The van der Waals surface area contributed by atoms with E-state index >= 15 is 0 Å². The van der Waals surface area contributed by atoms with Crippen molar-refractivity contribution in [2.75, 3.05) is 13.2 Å². The Balaban J connectivity index is 2.10. The molecule has 0 aliphatic heterocycles. The van der Waals surface area contributed by atoms with E-state index in [0.29, 0.717) is 11.6 Å². The van der Waals surface area contributed by atoms with Gasteiger partial charge in [0.05, 0.1) is 12.7 Å². The molecule has 2 rings (SSSR count). The van der Waals surface area contributed by atoms with E-state index in [2.05, 4.69) is 4.98 Å². The van der Waals surface area contributed by atoms with Crippen LogP contribution in [0, 0.1) is 10.1 Å². The van der Waals surface area contributed by atoms with Crippen molar-refractivity contribution in [1.29, 1.82) is 0 Å². The fourth-order valence-corrected chi connectivity index (χ4v) is 2.14. The molecule has 0 aliphatic rings. The molecular formula is C10H13N3O4S. The fraction of sp³-hybridized carbons (Fsp3) is 0.500. The van der Waals surface area contributed by atoms with E-state index in [1.54, 1.807) is 11.6 Å². The first-order valence-electron chi connectivity index (χ1n) is 5.44. The van der Waals surface area contributed by atoms with Crippen molar-refractivity contribution in [2.24, 2.45) is 0 Å². The average molecular weight is 271 g/mol. The molecule has 0 saturated carbocycles. The Morgan fingerprint density at radius 2 is 2.33 bits per heavy atom. The predicted molar refractivity (Wildman–Crippen MR) is 66.3 cm³/mol. The minimum atomic E-state index is -0.495. The Kier molecular flexibility index (Phi) is 3.78. The molecule has 0 aromatic carbocycles. The number of ether oxygens (including phenoxy) is 2. The zero-order chi connectivity index (χ0) is 13.1. The number of fused-ring (bicyclic) bond motifs is 1. The van der Waals surface area contributed by atoms with Crippen LogP contribution in [0.1, 0.15) is 13.8 Å². The van der Waals surface area contributed by atoms with Gasteiger partial charge < -0.3 is 19.6 Å². The molecule has 18 heavy (non-hydrogen) atoms. The first-order chi connectivity index (χ1) is 8.59. The number of hydrogen-bond acceptors (Lipinski definition) is 6. The summed E-state index contributed by atoms with van der Waals surface area (Å²) in [7, 11) is 0. The summed E-state index contributed by atoms with van der Waals surface area (Å²) >= 11 is 1.32. The van der Waals surface area contributed by atoms with E-state index in [4.69, 9.17) is 9.47 Å². The van der Waals surface area contributed by atoms with Crippen LogP contribution in [0.4, 0.5) is 5.82 Å². The van der Waals surface area contributed by atoms with Gasteiger partial charge in [-0.2, -0.15) is 9.38 Å². The van der Waals surface area contributed by atoms with Crippen molar-refractivity contribution in [1.82, 2.24) is 9.38 Å². The third-order valence-electron chi connectivity index (χ3n) is 2.15. The highest BCUT2D eigenvalue weighted by Crippen LogP contribution is 2.29. The van der Waals surface area contributed by atoms with E-state index in [1.165, 1.54) is 15.7 Å². The second-order valence-corrected chi connectivity index (χ2v) is 4.69. The van der Waals surface area contributed by atoms with Crippen LogP contribution in [0.3, 0.4) is 0 Å². The Bertz CT molecular complexity index is 548. The number of nitro groups is 1. The molecule has 98 valence electrons. The average Bonchev–Trinajstić information content (AvgIpc) is 2.82. The van der Waals surface area contributed by atoms with Gasteiger partial charge in [-0.1, -0.05) is 11.3 Å². The Hall–Kier alpha value is -1.67. The molecule has 0 spiro atoms. The van der Waals surface area contributed by atoms with Gasteiger partial charge in [-0.3, -0.25) is 0 Å². The lowest BCUT2D eigenvalue weighted by atomic mass is 10.5. The lowest BCUT2D eigenvalue weighted by Gasteiger charge is -2.07. The summed E-state index contributed by atoms with van der Waals surface area (Å²) in [6, 6.07) is 0. The molecule has 0 unspecified atom stereocenters. The minimum Gasteiger partial charge on any atom is -0.469 e. The van der Waals surface area contributed by atoms with Crippen LogP contribution in [-0.2, 0) is 4.74 Å². The zero-order valence-corrected chi connectivity index (χ0v) is 10.8. The molecule has 0 atom stereocenters. The summed E-state index contributed by atoms with van der Waals surface area (Å²) in [4.78, 5) is 15.1. The Morgan fingerprint density at radius 3 is 3.00 bits per heavy atom. The van der Waals surface area contributed by atoms with Gasteiger partial charge in [0.2, 0.25) is 0 Å². The molecule has 2 aromatic rings. The van der Waals surface area contributed by atoms with Gasteiger partial charge >= 0.3 is 11.7 Å². The molecule has 0 N–H and O–H groups in total. The highest BCUT2D eigenvalue weighted by atomic mass is 32.1. The van der Waals surface area contributed by atoms with Gasteiger partial charge in [-0.15, -0.1) is 0 Å². The third-order valence-corrected chi connectivity index (χ3v) is 2.91. The molecular weight excluding hydrogens is 258 g/mol. The quantitative estimate of drug-likeness (QED) is 0.456. The number of rotatable bonds is 6. The minimum absolute atomic E-state index is 0.0409. The van der Waals surface area contributed by atoms with Gasteiger partial charge in [0, 0.05) is 5.38 Å². The molecule has 0 radical (unpaired) electrons. The summed E-state index contributed by atoms with van der Waals surface area (Å²) in [5, 5.41) is 12.7. The summed E-state index contributed by atoms with van der Waals surface area (Å²) in [5.41, 5.74) is 0. The van der Waals surface area contributed by atoms with Crippen LogP contribution >= 0.6 is 11.3 Å². The van der Waals surface area contributed by atoms with E-state index < -0.39 is 4.92 Å². The van der Waals surface area contributed by atoms with Crippen LogP contribution in [0.15, 0.2) is 11.6 Å². The molecule has 0 fully saturated rings. The van der Waals surface area contributed by atoms with Gasteiger partial charge in [0.25, 0.3) is 4.96 Å². The lowest BCUT2D eigenvalue weighted by Crippen LogP contribution is -2.12. The maximum atomic E-state index is 11.0. The summed E-state index contributed by atoms with van der Waals surface area (Å²) < 4.78 is 12.0. The highest BCUT2D eigenvalue weighted by Gasteiger charge is 2.24. The Labute approximate surface area is 107 Å². The lowest BCUT2D eigenvalue weighted by molar-refractivity contribution is -0.391. The van der Waals surface area contributed by atoms with Crippen LogP contribution in [0.2, 0.25) is 0 Å². The van der Waals surface area contributed by atoms with Crippen LogP contribution in [0.5, 0.6) is 5.88 Å². The Morgan fingerprint density at radius 1 is 1.56 bits per heavy atom. The van der Waals surface area contributed by atoms with E-state index in [0.717, 1.165) is 0 Å². The molecule has 7 nitrogen and oxygen atoms in total. The number of thiazole rings is 1. The zero-order valence-electron chi connectivity index (χ0n) is 10.0. The van der Waals surface area contributed by atoms with Crippen molar-refractivity contribution >= 4 is 22.1 Å². The maximum Gasteiger partial charge on any atom is 0.393 e. The van der Waals surface area contributed by atoms with Crippen molar-refractivity contribution in [3.8, 4) is 5.88 Å². The molecule has 0 saturated heterocycles. The maximum absolute atomic E-state index is 11.0. The largest absolute Gasteiger partial charge is 0.469 e. The third kappa shape index (κ3) is 2.59. The van der Waals surface area contributed by atoms with Gasteiger partial charge in [-0.25, -0.2) is 0 Å². The van der Waals surface area contributed by atoms with E-state index in [-0.39, 0.29) is 24.4 Å². The SMILES string of the molecule is CC(C)OCCOc1nc2sccn2c1[N+](=O)[O-]. The van der Waals surface area contributed by atoms with Crippen LogP contribution in [0.25, 0.3) is 4.96 Å². The molecule has 0 aliphatic carbocycles. The van der Waals surface area contributed by atoms with Crippen LogP contribution in [-0.4, -0.2) is 33.6 Å². The van der Waals surface area contributed by atoms with Gasteiger partial charge in [0.1, 0.15) is 12.8 Å². The standard InChI is InChI=1S/C10H13N3O4S/c1-7(2)16-4-5-17-8-9(13(14)15)12-3-6-18-10(12)11-8/h3,6-7H,4-5H2,1-2H3. The summed E-state index contributed by atoms with van der Waals surface area (Å²) in [6.45, 7) is 4.44. The van der Waals surface area contributed by atoms with Crippen molar-refractivity contribution in [2.45, 2.75) is 20.0 Å². The highest BCUT2D eigenvalue weighted by molar-refractivity contribution is 7.15.